The summed E-state index contributed by atoms with van der Waals surface area (Å²) in [6.45, 7) is 4.55. The summed E-state index contributed by atoms with van der Waals surface area (Å²) < 4.78 is 0. The van der Waals surface area contributed by atoms with Crippen molar-refractivity contribution in [1.29, 1.82) is 0 Å². The van der Waals surface area contributed by atoms with Gasteiger partial charge in [-0.2, -0.15) is 0 Å². The van der Waals surface area contributed by atoms with E-state index in [2.05, 4.69) is 19.2 Å². The van der Waals surface area contributed by atoms with Crippen LogP contribution in [0.15, 0.2) is 0 Å². The number of hydrogen-bond acceptors (Lipinski definition) is 0. The van der Waals surface area contributed by atoms with Gasteiger partial charge in [-0.15, -0.1) is 12.1 Å². The monoisotopic (exact) mass is 131 g/mol. The Morgan fingerprint density at radius 3 is 2.30 bits per heavy atom. The average molecular weight is 131 g/mol. The van der Waals surface area contributed by atoms with E-state index in [9.17, 15) is 0 Å². The first-order valence-corrected chi connectivity index (χ1v) is 3.97. The minimum absolute atomic E-state index is 0. The van der Waals surface area contributed by atoms with E-state index >= 15 is 0 Å². The van der Waals surface area contributed by atoms with E-state index in [1.54, 1.807) is 0 Å². The second kappa shape index (κ2) is 2.89. The second-order valence-electron chi connectivity index (χ2n) is 3.76. The van der Waals surface area contributed by atoms with E-state index in [0.717, 1.165) is 17.9 Å². The summed E-state index contributed by atoms with van der Waals surface area (Å²) in [5, 5.41) is 4.66. The maximum atomic E-state index is 4.66. The quantitative estimate of drug-likeness (QED) is 0.413. The molecule has 0 bridgehead atoms. The molecule has 2 aliphatic rings. The fourth-order valence-electron chi connectivity index (χ4n) is 1.73. The van der Waals surface area contributed by atoms with Crippen LogP contribution in [0.25, 0.3) is 5.32 Å². The van der Waals surface area contributed by atoms with Crippen LogP contribution in [0.2, 0.25) is 0 Å². The van der Waals surface area contributed by atoms with E-state index < -0.39 is 0 Å². The molecule has 0 aromatic heterocycles. The van der Waals surface area contributed by atoms with E-state index in [4.69, 9.17) is 0 Å². The third kappa shape index (κ3) is 1.42. The molecule has 2 fully saturated rings. The first-order chi connectivity index (χ1) is 4.27. The number of nitrogens with zero attached hydrogens (tertiary/aromatic N) is 1. The summed E-state index contributed by atoms with van der Waals surface area (Å²) in [6.07, 6.45) is 2.80. The summed E-state index contributed by atoms with van der Waals surface area (Å²) in [4.78, 5) is 0. The summed E-state index contributed by atoms with van der Waals surface area (Å²) in [7, 11) is 0. The molecule has 52 valence electrons. The van der Waals surface area contributed by atoms with Gasteiger partial charge < -0.3 is 5.32 Å². The van der Waals surface area contributed by atoms with Gasteiger partial charge in [-0.25, -0.2) is 0 Å². The van der Waals surface area contributed by atoms with Crippen LogP contribution in [0.4, 0.5) is 0 Å². The minimum atomic E-state index is 0. The molecule has 0 N–H and O–H groups in total. The fraction of sp³-hybridized carbons (Fsp3) is 1.00. The molecule has 1 saturated carbocycles. The Bertz CT molecular complexity index is 114. The van der Waals surface area contributed by atoms with Crippen LogP contribution in [-0.2, 0) is 0 Å². The van der Waals surface area contributed by atoms with Crippen molar-refractivity contribution in [2.45, 2.75) is 38.8 Å². The van der Waals surface area contributed by atoms with Crippen molar-refractivity contribution in [3.8, 4) is 0 Å². The van der Waals surface area contributed by atoms with Gasteiger partial charge in [0.05, 0.1) is 0 Å². The van der Waals surface area contributed by atoms with Crippen LogP contribution in [0.1, 0.15) is 26.7 Å². The van der Waals surface area contributed by atoms with Gasteiger partial charge in [-0.3, -0.25) is 0 Å². The van der Waals surface area contributed by atoms with Crippen molar-refractivity contribution in [3.63, 3.8) is 0 Å². The molecular weight excluding hydrogens is 117 g/mol. The van der Waals surface area contributed by atoms with Crippen molar-refractivity contribution in [3.05, 3.63) is 5.32 Å². The van der Waals surface area contributed by atoms with Gasteiger partial charge in [0.25, 0.3) is 0 Å². The summed E-state index contributed by atoms with van der Waals surface area (Å²) in [5.74, 6) is 1.80. The Labute approximate surface area is 75.1 Å². The second-order valence-corrected chi connectivity index (χ2v) is 3.76. The predicted molar refractivity (Wildman–Crippen MR) is 38.5 cm³/mol. The molecule has 0 unspecified atom stereocenters. The van der Waals surface area contributed by atoms with Crippen LogP contribution >= 0.6 is 0 Å². The van der Waals surface area contributed by atoms with Crippen LogP contribution in [0, 0.1) is 11.8 Å². The first kappa shape index (κ1) is 8.65. The van der Waals surface area contributed by atoms with Crippen LogP contribution in [-0.4, -0.2) is 12.1 Å². The largest absolute Gasteiger partial charge is 1.00 e. The van der Waals surface area contributed by atoms with E-state index in [1.165, 1.54) is 12.8 Å². The zero-order valence-corrected chi connectivity index (χ0v) is 7.17. The number of piperidine rings is 1. The van der Waals surface area contributed by atoms with Gasteiger partial charge >= 0.3 is 18.9 Å². The van der Waals surface area contributed by atoms with E-state index in [1.807, 2.05) is 0 Å². The van der Waals surface area contributed by atoms with E-state index in [-0.39, 0.29) is 18.9 Å². The molecule has 1 nitrogen and oxygen atoms in total. The molecule has 10 heavy (non-hydrogen) atoms. The summed E-state index contributed by atoms with van der Waals surface area (Å²) in [6, 6.07) is 1.52. The fourth-order valence-corrected chi connectivity index (χ4v) is 1.73. The maximum absolute atomic E-state index is 4.66. The number of fused-ring (bicyclic) bond motifs is 1. The van der Waals surface area contributed by atoms with Crippen molar-refractivity contribution < 1.29 is 18.9 Å². The topological polar surface area (TPSA) is 14.1 Å². The average Bonchev–Trinajstić information content (AvgIpc) is 2.40. The van der Waals surface area contributed by atoms with Crippen LogP contribution in [0.5, 0.6) is 0 Å². The van der Waals surface area contributed by atoms with Crippen molar-refractivity contribution in [2.24, 2.45) is 11.8 Å². The molecule has 0 aromatic rings. The Morgan fingerprint density at radius 1 is 1.30 bits per heavy atom. The molecule has 1 heterocycles. The zero-order chi connectivity index (χ0) is 6.43. The Kier molecular flexibility index (Phi) is 2.50. The van der Waals surface area contributed by atoms with Gasteiger partial charge in [0, 0.05) is 0 Å². The molecule has 1 aliphatic heterocycles. The Balaban J connectivity index is 0.000000500. The summed E-state index contributed by atoms with van der Waals surface area (Å²) >= 11 is 0. The van der Waals surface area contributed by atoms with Gasteiger partial charge in [0.15, 0.2) is 0 Å². The smallest absolute Gasteiger partial charge is 0.656 e. The van der Waals surface area contributed by atoms with Gasteiger partial charge in [-0.1, -0.05) is 38.5 Å². The van der Waals surface area contributed by atoms with Gasteiger partial charge in [0.2, 0.25) is 0 Å². The van der Waals surface area contributed by atoms with Crippen LogP contribution in [0.3, 0.4) is 0 Å². The predicted octanol–water partition coefficient (Wildman–Crippen LogP) is -0.819. The number of hydrogen-bond donors (Lipinski definition) is 0. The summed E-state index contributed by atoms with van der Waals surface area (Å²) in [5.41, 5.74) is 0. The van der Waals surface area contributed by atoms with Crippen molar-refractivity contribution in [2.75, 3.05) is 0 Å². The van der Waals surface area contributed by atoms with Gasteiger partial charge in [-0.05, 0) is 0 Å². The zero-order valence-electron chi connectivity index (χ0n) is 7.17. The third-order valence-electron chi connectivity index (χ3n) is 2.58. The molecule has 2 heteroatoms. The van der Waals surface area contributed by atoms with Crippen molar-refractivity contribution in [1.82, 2.24) is 0 Å². The molecule has 3 atom stereocenters. The number of rotatable bonds is 1. The van der Waals surface area contributed by atoms with Crippen molar-refractivity contribution >= 4 is 0 Å². The molecule has 0 amide bonds. The molecule has 0 radical (unpaired) electrons. The maximum Gasteiger partial charge on any atom is 1.00 e. The molecule has 2 rings (SSSR count). The molecule has 1 saturated heterocycles. The Hall–Kier alpha value is 0.557. The molecule has 1 aliphatic carbocycles. The van der Waals surface area contributed by atoms with Crippen LogP contribution < -0.4 is 18.9 Å². The normalized spacial score (nSPS) is 42.9. The standard InChI is InChI=1S/C8H14N.Li/c1-5(2)7-3-6-4-8(6)9-7;/h5-8H,3-4H2,1-2H3;/q-1;+1/t6-,7-,8+;/m0./s1. The first-order valence-electron chi connectivity index (χ1n) is 3.97. The SMILES string of the molecule is CC(C)[C@@H]1C[C@H]2C[C@H]2[N-]1.[Li+]. The third-order valence-corrected chi connectivity index (χ3v) is 2.58. The molecule has 0 aromatic carbocycles. The van der Waals surface area contributed by atoms with Gasteiger partial charge in [0.1, 0.15) is 0 Å². The minimum Gasteiger partial charge on any atom is -0.656 e. The Morgan fingerprint density at radius 2 is 2.00 bits per heavy atom. The van der Waals surface area contributed by atoms with E-state index in [0.29, 0.717) is 6.04 Å². The molecule has 0 spiro atoms. The molecular formula is C8H14LiN.